The summed E-state index contributed by atoms with van der Waals surface area (Å²) in [5.41, 5.74) is 2.66. The average molecular weight is 414 g/mol. The molecule has 0 spiro atoms. The van der Waals surface area contributed by atoms with Crippen molar-refractivity contribution in [2.75, 3.05) is 5.32 Å². The van der Waals surface area contributed by atoms with Crippen molar-refractivity contribution in [2.45, 2.75) is 20.5 Å². The van der Waals surface area contributed by atoms with E-state index in [4.69, 9.17) is 20.9 Å². The summed E-state index contributed by atoms with van der Waals surface area (Å²) in [5.74, 6) is 0.640. The number of aryl methyl sites for hydroxylation is 2. The lowest BCUT2D eigenvalue weighted by Crippen LogP contribution is -2.15. The second-order valence-electron chi connectivity index (χ2n) is 6.18. The Hall–Kier alpha value is -2.90. The zero-order chi connectivity index (χ0) is 19.7. The van der Waals surface area contributed by atoms with Crippen molar-refractivity contribution in [3.63, 3.8) is 0 Å². The lowest BCUT2D eigenvalue weighted by Gasteiger charge is -2.08. The molecule has 0 unspecified atom stereocenters. The van der Waals surface area contributed by atoms with Crippen molar-refractivity contribution in [3.05, 3.63) is 70.1 Å². The maximum atomic E-state index is 12.7. The largest absolute Gasteiger partial charge is 0.487 e. The van der Waals surface area contributed by atoms with Crippen molar-refractivity contribution in [2.24, 2.45) is 0 Å². The molecule has 2 heterocycles. The van der Waals surface area contributed by atoms with Gasteiger partial charge in [-0.1, -0.05) is 52.4 Å². The molecule has 0 saturated heterocycles. The molecule has 0 radical (unpaired) electrons. The van der Waals surface area contributed by atoms with Crippen molar-refractivity contribution in [3.8, 4) is 5.75 Å². The second-order valence-corrected chi connectivity index (χ2v) is 7.62. The molecule has 0 aliphatic heterocycles. The molecule has 1 N–H and O–H groups in total. The van der Waals surface area contributed by atoms with E-state index in [-0.39, 0.29) is 12.3 Å². The van der Waals surface area contributed by atoms with Gasteiger partial charge in [0.05, 0.1) is 20.8 Å². The van der Waals surface area contributed by atoms with Crippen LogP contribution in [0.2, 0.25) is 5.02 Å². The van der Waals surface area contributed by atoms with E-state index in [9.17, 15) is 4.79 Å². The summed E-state index contributed by atoms with van der Waals surface area (Å²) < 4.78 is 12.0. The van der Waals surface area contributed by atoms with Gasteiger partial charge in [0.15, 0.2) is 10.8 Å². The van der Waals surface area contributed by atoms with Gasteiger partial charge in [0.2, 0.25) is 0 Å². The molecule has 2 aromatic carbocycles. The third-order valence-electron chi connectivity index (χ3n) is 4.25. The number of halogens is 1. The van der Waals surface area contributed by atoms with Gasteiger partial charge >= 0.3 is 0 Å². The fourth-order valence-corrected chi connectivity index (χ4v) is 3.88. The third kappa shape index (κ3) is 3.58. The van der Waals surface area contributed by atoms with Gasteiger partial charge in [-0.25, -0.2) is 4.98 Å². The first-order valence-corrected chi connectivity index (χ1v) is 9.72. The topological polar surface area (TPSA) is 77.3 Å². The molecule has 0 atom stereocenters. The highest BCUT2D eigenvalue weighted by molar-refractivity contribution is 7.22. The number of nitrogens with one attached hydrogen (secondary N) is 1. The molecule has 2 aromatic heterocycles. The number of hydrogen-bond acceptors (Lipinski definition) is 6. The average Bonchev–Trinajstić information content (AvgIpc) is 3.25. The van der Waals surface area contributed by atoms with Gasteiger partial charge < -0.3 is 9.26 Å². The number of nitrogens with zero attached hydrogens (tertiary/aromatic N) is 2. The first-order valence-electron chi connectivity index (χ1n) is 8.53. The molecule has 0 bridgehead atoms. The summed E-state index contributed by atoms with van der Waals surface area (Å²) in [6.07, 6.45) is 0. The molecule has 6 nitrogen and oxygen atoms in total. The normalized spacial score (nSPS) is 11.0. The Morgan fingerprint density at radius 1 is 1.21 bits per heavy atom. The van der Waals surface area contributed by atoms with Gasteiger partial charge in [0.1, 0.15) is 18.1 Å². The van der Waals surface area contributed by atoms with Crippen LogP contribution in [0, 0.1) is 13.8 Å². The number of carbonyl (C=O) groups excluding carboxylic acids is 1. The van der Waals surface area contributed by atoms with E-state index in [0.29, 0.717) is 27.2 Å². The highest BCUT2D eigenvalue weighted by Gasteiger charge is 2.22. The number of carbonyl (C=O) groups is 1. The molecule has 0 aliphatic carbocycles. The smallest absolute Gasteiger partial charge is 0.280 e. The summed E-state index contributed by atoms with van der Waals surface area (Å²) >= 11 is 7.52. The standard InChI is InChI=1S/C20H16ClN3O3S/c1-11-6-5-9-16-17(11)22-20(28-16)23-19(25)18-13(12(2)27-24-18)10-26-15-8-4-3-7-14(15)21/h3-9H,10H2,1-2H3,(H,22,23,25). The van der Waals surface area contributed by atoms with Crippen LogP contribution in [-0.4, -0.2) is 16.0 Å². The second kappa shape index (κ2) is 7.61. The number of fused-ring (bicyclic) bond motifs is 1. The molecule has 0 aliphatic rings. The quantitative estimate of drug-likeness (QED) is 0.475. The number of amides is 1. The van der Waals surface area contributed by atoms with Crippen LogP contribution >= 0.6 is 22.9 Å². The Balaban J connectivity index is 1.54. The van der Waals surface area contributed by atoms with Crippen LogP contribution in [0.5, 0.6) is 5.75 Å². The van der Waals surface area contributed by atoms with E-state index in [1.54, 1.807) is 19.1 Å². The summed E-state index contributed by atoms with van der Waals surface area (Å²) in [7, 11) is 0. The molecule has 4 rings (SSSR count). The molecule has 0 saturated carbocycles. The number of thiazole rings is 1. The number of hydrogen-bond donors (Lipinski definition) is 1. The minimum absolute atomic E-state index is 0.112. The monoisotopic (exact) mass is 413 g/mol. The van der Waals surface area contributed by atoms with Gasteiger partial charge in [-0.3, -0.25) is 10.1 Å². The number of ether oxygens (including phenoxy) is 1. The van der Waals surface area contributed by atoms with Crippen molar-refractivity contribution >= 4 is 44.2 Å². The predicted octanol–water partition coefficient (Wildman–Crippen LogP) is 5.39. The summed E-state index contributed by atoms with van der Waals surface area (Å²) in [6.45, 7) is 3.83. The van der Waals surface area contributed by atoms with Crippen LogP contribution in [0.1, 0.15) is 27.4 Å². The van der Waals surface area contributed by atoms with Gasteiger partial charge in [-0.15, -0.1) is 0 Å². The predicted molar refractivity (Wildman–Crippen MR) is 109 cm³/mol. The third-order valence-corrected chi connectivity index (χ3v) is 5.50. The Bertz CT molecular complexity index is 1170. The Labute approximate surface area is 170 Å². The number of benzene rings is 2. The highest BCUT2D eigenvalue weighted by atomic mass is 35.5. The van der Waals surface area contributed by atoms with E-state index in [0.717, 1.165) is 15.8 Å². The fraction of sp³-hybridized carbons (Fsp3) is 0.150. The lowest BCUT2D eigenvalue weighted by atomic mass is 10.2. The van der Waals surface area contributed by atoms with Gasteiger partial charge in [0, 0.05) is 0 Å². The molecule has 0 fully saturated rings. The number of rotatable bonds is 5. The summed E-state index contributed by atoms with van der Waals surface area (Å²) in [4.78, 5) is 17.2. The van der Waals surface area contributed by atoms with E-state index in [1.807, 2.05) is 37.3 Å². The first-order chi connectivity index (χ1) is 13.5. The van der Waals surface area contributed by atoms with E-state index in [2.05, 4.69) is 15.5 Å². The number of para-hydroxylation sites is 2. The highest BCUT2D eigenvalue weighted by Crippen LogP contribution is 2.29. The Morgan fingerprint density at radius 3 is 2.82 bits per heavy atom. The van der Waals surface area contributed by atoms with Crippen LogP contribution in [0.25, 0.3) is 10.2 Å². The maximum Gasteiger partial charge on any atom is 0.280 e. The summed E-state index contributed by atoms with van der Waals surface area (Å²) in [5, 5.41) is 7.70. The van der Waals surface area contributed by atoms with Crippen LogP contribution in [0.15, 0.2) is 47.0 Å². The van der Waals surface area contributed by atoms with Gasteiger partial charge in [0.25, 0.3) is 5.91 Å². The number of aromatic nitrogens is 2. The van der Waals surface area contributed by atoms with E-state index in [1.165, 1.54) is 11.3 Å². The molecule has 28 heavy (non-hydrogen) atoms. The Kier molecular flexibility index (Phi) is 5.02. The fourth-order valence-electron chi connectivity index (χ4n) is 2.75. The zero-order valence-electron chi connectivity index (χ0n) is 15.2. The van der Waals surface area contributed by atoms with Crippen molar-refractivity contribution in [1.82, 2.24) is 10.1 Å². The Morgan fingerprint density at radius 2 is 2.04 bits per heavy atom. The van der Waals surface area contributed by atoms with Gasteiger partial charge in [-0.2, -0.15) is 0 Å². The molecular formula is C20H16ClN3O3S. The molecule has 142 valence electrons. The lowest BCUT2D eigenvalue weighted by molar-refractivity contribution is 0.101. The maximum absolute atomic E-state index is 12.7. The first kappa shape index (κ1) is 18.5. The minimum atomic E-state index is -0.397. The van der Waals surface area contributed by atoms with Crippen molar-refractivity contribution in [1.29, 1.82) is 0 Å². The van der Waals surface area contributed by atoms with E-state index < -0.39 is 5.91 Å². The van der Waals surface area contributed by atoms with Crippen LogP contribution in [0.3, 0.4) is 0 Å². The van der Waals surface area contributed by atoms with Crippen LogP contribution in [0.4, 0.5) is 5.13 Å². The van der Waals surface area contributed by atoms with Crippen molar-refractivity contribution < 1.29 is 14.1 Å². The molecule has 1 amide bonds. The summed E-state index contributed by atoms with van der Waals surface area (Å²) in [6, 6.07) is 13.1. The molecular weight excluding hydrogens is 398 g/mol. The van der Waals surface area contributed by atoms with Gasteiger partial charge in [-0.05, 0) is 37.6 Å². The number of anilines is 1. The minimum Gasteiger partial charge on any atom is -0.487 e. The zero-order valence-corrected chi connectivity index (χ0v) is 16.7. The van der Waals surface area contributed by atoms with E-state index >= 15 is 0 Å². The molecule has 4 aromatic rings. The van der Waals surface area contributed by atoms with Crippen LogP contribution in [-0.2, 0) is 6.61 Å². The molecule has 8 heteroatoms. The SMILES string of the molecule is Cc1onc(C(=O)Nc2nc3c(C)cccc3s2)c1COc1ccccc1Cl. The van der Waals surface area contributed by atoms with Crippen LogP contribution < -0.4 is 10.1 Å².